The molecule has 0 saturated carbocycles. The maximum atomic E-state index is 14.6. The molecule has 0 aliphatic rings. The van der Waals surface area contributed by atoms with Crippen molar-refractivity contribution in [3.8, 4) is 33.9 Å². The molecule has 0 unspecified atom stereocenters. The van der Waals surface area contributed by atoms with Crippen molar-refractivity contribution >= 4 is 33.5 Å². The minimum atomic E-state index is -0.305. The number of H-pyrrole nitrogens is 2. The minimum absolute atomic E-state index is 0.0679. The van der Waals surface area contributed by atoms with Gasteiger partial charge < -0.3 is 10.3 Å². The molecule has 0 fully saturated rings. The molecule has 0 bridgehead atoms. The predicted molar refractivity (Wildman–Crippen MR) is 150 cm³/mol. The standard InChI is InChI=1S/C30H26FN7O/c1-30(2,3)13-26(39)34-18-11-17(14-32-15-18)24-12-21-25(16-33-24)37-38-28(21)29-35-23-10-6-8-20(27(23)36-29)19-7-4-5-9-22(19)31/h4-12,14-16H,13H2,1-3H3,(H,34,39)(H,35,36)(H,37,38). The van der Waals surface area contributed by atoms with E-state index in [-0.39, 0.29) is 17.1 Å². The highest BCUT2D eigenvalue weighted by Crippen LogP contribution is 2.33. The highest BCUT2D eigenvalue weighted by molar-refractivity contribution is 5.98. The number of carbonyl (C=O) groups is 1. The topological polar surface area (TPSA) is 112 Å². The van der Waals surface area contributed by atoms with Crippen molar-refractivity contribution in [3.05, 3.63) is 79.0 Å². The zero-order valence-corrected chi connectivity index (χ0v) is 21.7. The molecule has 1 amide bonds. The first-order chi connectivity index (χ1) is 18.7. The van der Waals surface area contributed by atoms with Crippen LogP contribution in [0.25, 0.3) is 55.8 Å². The number of imidazole rings is 1. The van der Waals surface area contributed by atoms with Crippen LogP contribution < -0.4 is 5.32 Å². The fourth-order valence-electron chi connectivity index (χ4n) is 4.63. The van der Waals surface area contributed by atoms with Crippen LogP contribution in [0.2, 0.25) is 0 Å². The SMILES string of the molecule is CC(C)(C)CC(=O)Nc1cncc(-c2cc3c(-c4nc5c(-c6ccccc6F)cccc5[nH]4)n[nH]c3cn2)c1. The summed E-state index contributed by atoms with van der Waals surface area (Å²) in [4.78, 5) is 29.5. The van der Waals surface area contributed by atoms with Gasteiger partial charge in [0.15, 0.2) is 5.82 Å². The van der Waals surface area contributed by atoms with Crippen molar-refractivity contribution < 1.29 is 9.18 Å². The Kier molecular flexibility index (Phi) is 5.91. The Hall–Kier alpha value is -4.92. The summed E-state index contributed by atoms with van der Waals surface area (Å²) >= 11 is 0. The van der Waals surface area contributed by atoms with E-state index < -0.39 is 0 Å². The van der Waals surface area contributed by atoms with E-state index in [0.29, 0.717) is 46.0 Å². The summed E-state index contributed by atoms with van der Waals surface area (Å²) in [5, 5.41) is 11.3. The Morgan fingerprint density at radius 2 is 1.79 bits per heavy atom. The number of benzene rings is 2. The number of rotatable bonds is 5. The average molecular weight is 520 g/mol. The van der Waals surface area contributed by atoms with Gasteiger partial charge in [0, 0.05) is 34.7 Å². The second kappa shape index (κ2) is 9.43. The maximum absolute atomic E-state index is 14.6. The van der Waals surface area contributed by atoms with Gasteiger partial charge in [-0.25, -0.2) is 9.37 Å². The quantitative estimate of drug-likeness (QED) is 0.233. The van der Waals surface area contributed by atoms with Crippen molar-refractivity contribution in [1.29, 1.82) is 0 Å². The number of hydrogen-bond donors (Lipinski definition) is 3. The first-order valence-electron chi connectivity index (χ1n) is 12.6. The normalized spacial score (nSPS) is 11.8. The van der Waals surface area contributed by atoms with Crippen LogP contribution in [0.4, 0.5) is 10.1 Å². The van der Waals surface area contributed by atoms with Gasteiger partial charge in [0.25, 0.3) is 0 Å². The molecule has 0 radical (unpaired) electrons. The average Bonchev–Trinajstić information content (AvgIpc) is 3.51. The lowest BCUT2D eigenvalue weighted by atomic mass is 9.92. The summed E-state index contributed by atoms with van der Waals surface area (Å²) in [5.74, 6) is 0.182. The van der Waals surface area contributed by atoms with E-state index in [1.165, 1.54) is 6.07 Å². The molecule has 6 rings (SSSR count). The third-order valence-corrected chi connectivity index (χ3v) is 6.36. The molecule has 0 aliphatic heterocycles. The van der Waals surface area contributed by atoms with E-state index in [1.807, 2.05) is 51.1 Å². The molecule has 3 N–H and O–H groups in total. The van der Waals surface area contributed by atoms with Crippen molar-refractivity contribution in [1.82, 2.24) is 30.1 Å². The lowest BCUT2D eigenvalue weighted by Gasteiger charge is -2.17. The summed E-state index contributed by atoms with van der Waals surface area (Å²) in [6, 6.07) is 16.1. The molecule has 6 aromatic rings. The van der Waals surface area contributed by atoms with Crippen molar-refractivity contribution in [2.45, 2.75) is 27.2 Å². The second-order valence-electron chi connectivity index (χ2n) is 10.7. The molecular weight excluding hydrogens is 493 g/mol. The van der Waals surface area contributed by atoms with Gasteiger partial charge >= 0.3 is 0 Å². The van der Waals surface area contributed by atoms with Crippen LogP contribution in [0.15, 0.2) is 73.2 Å². The van der Waals surface area contributed by atoms with Gasteiger partial charge in [-0.05, 0) is 29.7 Å². The van der Waals surface area contributed by atoms with E-state index in [9.17, 15) is 9.18 Å². The van der Waals surface area contributed by atoms with Crippen molar-refractivity contribution in [2.75, 3.05) is 5.32 Å². The first kappa shape index (κ1) is 24.4. The number of hydrogen-bond acceptors (Lipinski definition) is 5. The number of aromatic nitrogens is 6. The summed E-state index contributed by atoms with van der Waals surface area (Å²) in [6.45, 7) is 6.06. The fourth-order valence-corrected chi connectivity index (χ4v) is 4.63. The van der Waals surface area contributed by atoms with Crippen LogP contribution in [0, 0.1) is 11.2 Å². The number of amides is 1. The Labute approximate surface area is 223 Å². The number of pyridine rings is 2. The summed E-state index contributed by atoms with van der Waals surface area (Å²) < 4.78 is 14.6. The Morgan fingerprint density at radius 1 is 0.974 bits per heavy atom. The Balaban J connectivity index is 1.37. The number of carbonyl (C=O) groups excluding carboxylic acids is 1. The number of anilines is 1. The van der Waals surface area contributed by atoms with E-state index in [1.54, 1.807) is 36.8 Å². The van der Waals surface area contributed by atoms with Crippen LogP contribution in [-0.4, -0.2) is 36.0 Å². The smallest absolute Gasteiger partial charge is 0.224 e. The fraction of sp³-hybridized carbons (Fsp3) is 0.167. The first-order valence-corrected chi connectivity index (χ1v) is 12.6. The highest BCUT2D eigenvalue weighted by atomic mass is 19.1. The lowest BCUT2D eigenvalue weighted by molar-refractivity contribution is -0.117. The van der Waals surface area contributed by atoms with E-state index in [4.69, 9.17) is 4.98 Å². The maximum Gasteiger partial charge on any atom is 0.224 e. The van der Waals surface area contributed by atoms with Crippen LogP contribution in [0.1, 0.15) is 27.2 Å². The molecule has 4 heterocycles. The molecule has 9 heteroatoms. The zero-order chi connectivity index (χ0) is 27.1. The highest BCUT2D eigenvalue weighted by Gasteiger charge is 2.18. The van der Waals surface area contributed by atoms with Crippen LogP contribution >= 0.6 is 0 Å². The van der Waals surface area contributed by atoms with E-state index >= 15 is 0 Å². The number of nitrogens with one attached hydrogen (secondary N) is 3. The number of nitrogens with zero attached hydrogens (tertiary/aromatic N) is 4. The molecule has 2 aromatic carbocycles. The summed E-state index contributed by atoms with van der Waals surface area (Å²) in [6.07, 6.45) is 5.43. The van der Waals surface area contributed by atoms with Gasteiger partial charge in [0.2, 0.25) is 5.91 Å². The zero-order valence-electron chi connectivity index (χ0n) is 21.7. The molecule has 4 aromatic heterocycles. The van der Waals surface area contributed by atoms with Gasteiger partial charge in [0.05, 0.1) is 40.3 Å². The number of fused-ring (bicyclic) bond motifs is 2. The number of aromatic amines is 2. The summed E-state index contributed by atoms with van der Waals surface area (Å²) in [7, 11) is 0. The minimum Gasteiger partial charge on any atom is -0.337 e. The van der Waals surface area contributed by atoms with Gasteiger partial charge in [0.1, 0.15) is 11.5 Å². The van der Waals surface area contributed by atoms with Gasteiger partial charge in [-0.2, -0.15) is 5.10 Å². The Morgan fingerprint density at radius 3 is 2.62 bits per heavy atom. The molecular formula is C30H26FN7O. The third kappa shape index (κ3) is 4.86. The molecule has 8 nitrogen and oxygen atoms in total. The predicted octanol–water partition coefficient (Wildman–Crippen LogP) is 6.74. The lowest BCUT2D eigenvalue weighted by Crippen LogP contribution is -2.19. The number of halogens is 1. The second-order valence-corrected chi connectivity index (χ2v) is 10.7. The van der Waals surface area contributed by atoms with Gasteiger partial charge in [-0.3, -0.25) is 19.9 Å². The van der Waals surface area contributed by atoms with Gasteiger partial charge in [-0.1, -0.05) is 51.1 Å². The Bertz CT molecular complexity index is 1850. The molecule has 0 saturated heterocycles. The van der Waals surface area contributed by atoms with Crippen LogP contribution in [0.3, 0.4) is 0 Å². The molecule has 0 atom stereocenters. The van der Waals surface area contributed by atoms with Crippen molar-refractivity contribution in [3.63, 3.8) is 0 Å². The van der Waals surface area contributed by atoms with E-state index in [0.717, 1.165) is 22.0 Å². The molecule has 194 valence electrons. The molecule has 0 aliphatic carbocycles. The molecule has 0 spiro atoms. The largest absolute Gasteiger partial charge is 0.337 e. The third-order valence-electron chi connectivity index (χ3n) is 6.36. The molecule has 39 heavy (non-hydrogen) atoms. The van der Waals surface area contributed by atoms with Crippen LogP contribution in [-0.2, 0) is 4.79 Å². The number of para-hydroxylation sites is 1. The summed E-state index contributed by atoms with van der Waals surface area (Å²) in [5.41, 5.74) is 5.90. The van der Waals surface area contributed by atoms with Crippen LogP contribution in [0.5, 0.6) is 0 Å². The monoisotopic (exact) mass is 519 g/mol. The van der Waals surface area contributed by atoms with Crippen molar-refractivity contribution in [2.24, 2.45) is 5.41 Å². The van der Waals surface area contributed by atoms with E-state index in [2.05, 4.69) is 30.5 Å². The van der Waals surface area contributed by atoms with Gasteiger partial charge in [-0.15, -0.1) is 0 Å².